The minimum Gasteiger partial charge on any atom is -0.383 e. The third-order valence-corrected chi connectivity index (χ3v) is 6.61. The Hall–Kier alpha value is -2.86. The summed E-state index contributed by atoms with van der Waals surface area (Å²) in [7, 11) is 1.64. The van der Waals surface area contributed by atoms with Crippen LogP contribution in [0.15, 0.2) is 54.3 Å². The molecular weight excluding hydrogens is 390 g/mol. The van der Waals surface area contributed by atoms with Crippen LogP contribution in [0.1, 0.15) is 31.9 Å². The number of benzene rings is 1. The number of likely N-dealkylation sites (tertiary alicyclic amines) is 1. The fraction of sp³-hybridized carbons (Fsp3) is 0.440. The Morgan fingerprint density at radius 3 is 2.77 bits per heavy atom. The molecule has 4 rings (SSSR count). The van der Waals surface area contributed by atoms with Crippen LogP contribution in [-0.4, -0.2) is 59.9 Å². The molecule has 3 atom stereocenters. The van der Waals surface area contributed by atoms with E-state index in [0.717, 1.165) is 22.0 Å². The van der Waals surface area contributed by atoms with Crippen LogP contribution in [0.5, 0.6) is 0 Å². The SMILES string of the molecule is CCN(CC)C(=O)C1C2=CC=CCC2C(=O)N(CCOC)C1c1c[nH]c2ccccc12. The van der Waals surface area contributed by atoms with Crippen LogP contribution in [0.3, 0.4) is 0 Å². The first-order valence-corrected chi connectivity index (χ1v) is 11.1. The van der Waals surface area contributed by atoms with Crippen LogP contribution in [0.25, 0.3) is 10.9 Å². The molecule has 2 aromatic rings. The maximum absolute atomic E-state index is 13.9. The van der Waals surface area contributed by atoms with Crippen molar-refractivity contribution >= 4 is 22.7 Å². The number of para-hydroxylation sites is 1. The summed E-state index contributed by atoms with van der Waals surface area (Å²) in [5.41, 5.74) is 2.93. The zero-order valence-corrected chi connectivity index (χ0v) is 18.5. The predicted molar refractivity (Wildman–Crippen MR) is 121 cm³/mol. The van der Waals surface area contributed by atoms with Crippen molar-refractivity contribution in [3.8, 4) is 0 Å². The highest BCUT2D eigenvalue weighted by molar-refractivity contribution is 5.94. The number of piperidine rings is 1. The molecule has 2 amide bonds. The molecule has 0 radical (unpaired) electrons. The standard InChI is InChI=1S/C25H31N3O3/c1-4-27(5-2)25(30)22-18-11-6-7-12-19(18)24(29)28(14-15-31-3)23(22)20-16-26-21-13-9-8-10-17(20)21/h6-11,13,16,19,22-23,26H,4-5,12,14-15H2,1-3H3. The molecule has 3 unspecified atom stereocenters. The van der Waals surface area contributed by atoms with Crippen molar-refractivity contribution in [1.82, 2.24) is 14.8 Å². The van der Waals surface area contributed by atoms with E-state index < -0.39 is 5.92 Å². The van der Waals surface area contributed by atoms with E-state index >= 15 is 0 Å². The first-order valence-electron chi connectivity index (χ1n) is 11.1. The molecule has 0 spiro atoms. The van der Waals surface area contributed by atoms with Gasteiger partial charge in [-0.3, -0.25) is 9.59 Å². The number of H-pyrrole nitrogens is 1. The highest BCUT2D eigenvalue weighted by atomic mass is 16.5. The number of carbonyl (C=O) groups is 2. The van der Waals surface area contributed by atoms with E-state index in [2.05, 4.69) is 11.1 Å². The van der Waals surface area contributed by atoms with Crippen molar-refractivity contribution in [3.63, 3.8) is 0 Å². The van der Waals surface area contributed by atoms with Crippen molar-refractivity contribution < 1.29 is 14.3 Å². The molecule has 6 nitrogen and oxygen atoms in total. The molecule has 6 heteroatoms. The summed E-state index contributed by atoms with van der Waals surface area (Å²) in [6, 6.07) is 7.69. The minimum atomic E-state index is -0.413. The second-order valence-corrected chi connectivity index (χ2v) is 8.13. The number of hydrogen-bond donors (Lipinski definition) is 1. The second kappa shape index (κ2) is 9.10. The number of rotatable bonds is 7. The summed E-state index contributed by atoms with van der Waals surface area (Å²) >= 11 is 0. The molecule has 2 aliphatic rings. The highest BCUT2D eigenvalue weighted by Gasteiger charge is 2.49. The minimum absolute atomic E-state index is 0.0755. The predicted octanol–water partition coefficient (Wildman–Crippen LogP) is 3.68. The van der Waals surface area contributed by atoms with Crippen molar-refractivity contribution in [1.29, 1.82) is 0 Å². The molecule has 1 saturated heterocycles. The number of fused-ring (bicyclic) bond motifs is 2. The van der Waals surface area contributed by atoms with E-state index in [0.29, 0.717) is 32.7 Å². The third kappa shape index (κ3) is 3.69. The Bertz CT molecular complexity index is 1020. The Morgan fingerprint density at radius 2 is 2.03 bits per heavy atom. The van der Waals surface area contributed by atoms with Gasteiger partial charge in [0.25, 0.3) is 0 Å². The molecule has 0 bridgehead atoms. The van der Waals surface area contributed by atoms with Gasteiger partial charge in [-0.1, -0.05) is 36.4 Å². The van der Waals surface area contributed by atoms with Crippen molar-refractivity contribution in [3.05, 3.63) is 59.8 Å². The zero-order chi connectivity index (χ0) is 22.0. The molecule has 31 heavy (non-hydrogen) atoms. The maximum Gasteiger partial charge on any atom is 0.232 e. The lowest BCUT2D eigenvalue weighted by Crippen LogP contribution is -2.54. The number of nitrogens with zero attached hydrogens (tertiary/aromatic N) is 2. The summed E-state index contributed by atoms with van der Waals surface area (Å²) in [6.07, 6.45) is 8.60. The molecule has 1 aliphatic carbocycles. The molecule has 1 aliphatic heterocycles. The first-order chi connectivity index (χ1) is 15.1. The van der Waals surface area contributed by atoms with Gasteiger partial charge in [0, 0.05) is 49.4 Å². The molecule has 0 saturated carbocycles. The summed E-state index contributed by atoms with van der Waals surface area (Å²) in [6.45, 7) is 6.18. The van der Waals surface area contributed by atoms with Crippen molar-refractivity contribution in [2.24, 2.45) is 11.8 Å². The normalized spacial score (nSPS) is 23.1. The number of hydrogen-bond acceptors (Lipinski definition) is 3. The van der Waals surface area contributed by atoms with Gasteiger partial charge in [0.2, 0.25) is 11.8 Å². The number of ether oxygens (including phenoxy) is 1. The lowest BCUT2D eigenvalue weighted by atomic mass is 9.72. The van der Waals surface area contributed by atoms with Crippen LogP contribution in [0.4, 0.5) is 0 Å². The van der Waals surface area contributed by atoms with E-state index in [-0.39, 0.29) is 23.8 Å². The molecule has 2 heterocycles. The molecule has 1 aromatic carbocycles. The monoisotopic (exact) mass is 421 g/mol. The quantitative estimate of drug-likeness (QED) is 0.742. The molecule has 1 aromatic heterocycles. The van der Waals surface area contributed by atoms with Gasteiger partial charge in [-0.15, -0.1) is 0 Å². The summed E-state index contributed by atoms with van der Waals surface area (Å²) in [5, 5.41) is 1.05. The van der Waals surface area contributed by atoms with E-state index in [9.17, 15) is 9.59 Å². The van der Waals surface area contributed by atoms with Gasteiger partial charge >= 0.3 is 0 Å². The number of aromatic amines is 1. The number of allylic oxidation sites excluding steroid dienone is 3. The van der Waals surface area contributed by atoms with Crippen LogP contribution in [0, 0.1) is 11.8 Å². The largest absolute Gasteiger partial charge is 0.383 e. The summed E-state index contributed by atoms with van der Waals surface area (Å²) in [5.74, 6) is -0.537. The maximum atomic E-state index is 13.9. The fourth-order valence-electron chi connectivity index (χ4n) is 5.04. The molecule has 164 valence electrons. The second-order valence-electron chi connectivity index (χ2n) is 8.13. The van der Waals surface area contributed by atoms with Crippen LogP contribution in [0.2, 0.25) is 0 Å². The van der Waals surface area contributed by atoms with Gasteiger partial charge in [-0.05, 0) is 31.9 Å². The number of aromatic nitrogens is 1. The van der Waals surface area contributed by atoms with Gasteiger partial charge in [0.15, 0.2) is 0 Å². The van der Waals surface area contributed by atoms with Gasteiger partial charge < -0.3 is 19.5 Å². The van der Waals surface area contributed by atoms with Crippen molar-refractivity contribution in [2.75, 3.05) is 33.4 Å². The topological polar surface area (TPSA) is 65.6 Å². The third-order valence-electron chi connectivity index (χ3n) is 6.61. The number of methoxy groups -OCH3 is 1. The summed E-state index contributed by atoms with van der Waals surface area (Å²) < 4.78 is 5.34. The molecular formula is C25H31N3O3. The zero-order valence-electron chi connectivity index (χ0n) is 18.5. The van der Waals surface area contributed by atoms with Gasteiger partial charge in [0.1, 0.15) is 0 Å². The number of carbonyl (C=O) groups excluding carboxylic acids is 2. The van der Waals surface area contributed by atoms with Crippen LogP contribution < -0.4 is 0 Å². The Balaban J connectivity index is 1.90. The first kappa shape index (κ1) is 21.4. The Kier molecular flexibility index (Phi) is 6.28. The lowest BCUT2D eigenvalue weighted by molar-refractivity contribution is -0.148. The van der Waals surface area contributed by atoms with E-state index in [1.54, 1.807) is 7.11 Å². The fourth-order valence-corrected chi connectivity index (χ4v) is 5.04. The van der Waals surface area contributed by atoms with Crippen LogP contribution >= 0.6 is 0 Å². The van der Waals surface area contributed by atoms with Gasteiger partial charge in [-0.2, -0.15) is 0 Å². The molecule has 1 fully saturated rings. The van der Waals surface area contributed by atoms with E-state index in [4.69, 9.17) is 4.74 Å². The summed E-state index contributed by atoms with van der Waals surface area (Å²) in [4.78, 5) is 34.6. The Morgan fingerprint density at radius 1 is 1.26 bits per heavy atom. The Labute approximate surface area is 183 Å². The van der Waals surface area contributed by atoms with E-state index in [1.807, 2.05) is 66.3 Å². The molecule has 1 N–H and O–H groups in total. The smallest absolute Gasteiger partial charge is 0.232 e. The lowest BCUT2D eigenvalue weighted by Gasteiger charge is -2.47. The average Bonchev–Trinajstić information content (AvgIpc) is 3.23. The van der Waals surface area contributed by atoms with Gasteiger partial charge in [-0.25, -0.2) is 0 Å². The average molecular weight is 422 g/mol. The van der Waals surface area contributed by atoms with E-state index in [1.165, 1.54) is 0 Å². The number of nitrogens with one attached hydrogen (secondary N) is 1. The van der Waals surface area contributed by atoms with Crippen molar-refractivity contribution in [2.45, 2.75) is 26.3 Å². The number of amides is 2. The van der Waals surface area contributed by atoms with Gasteiger partial charge in [0.05, 0.1) is 24.5 Å². The highest BCUT2D eigenvalue weighted by Crippen LogP contribution is 2.47. The van der Waals surface area contributed by atoms with Crippen LogP contribution in [-0.2, 0) is 14.3 Å².